The van der Waals surface area contributed by atoms with Crippen molar-refractivity contribution in [3.8, 4) is 0 Å². The van der Waals surface area contributed by atoms with Crippen LogP contribution in [0.1, 0.15) is 50.2 Å². The van der Waals surface area contributed by atoms with Gasteiger partial charge in [-0.3, -0.25) is 13.9 Å². The van der Waals surface area contributed by atoms with Crippen molar-refractivity contribution < 1.29 is 22.4 Å². The summed E-state index contributed by atoms with van der Waals surface area (Å²) in [5, 5.41) is 3.48. The molecule has 3 aromatic rings. The summed E-state index contributed by atoms with van der Waals surface area (Å²) in [6.45, 7) is 2.92. The molecule has 1 saturated carbocycles. The van der Waals surface area contributed by atoms with Crippen LogP contribution in [0.25, 0.3) is 0 Å². The minimum Gasteiger partial charge on any atom is -0.352 e. The van der Waals surface area contributed by atoms with Crippen LogP contribution in [0.2, 0.25) is 5.02 Å². The van der Waals surface area contributed by atoms with Crippen molar-refractivity contribution in [3.05, 3.63) is 94.8 Å². The maximum absolute atomic E-state index is 14.0. The van der Waals surface area contributed by atoms with Gasteiger partial charge in [0.25, 0.3) is 10.0 Å². The fourth-order valence-corrected chi connectivity index (χ4v) is 6.45. The van der Waals surface area contributed by atoms with Crippen LogP contribution < -0.4 is 9.62 Å². The van der Waals surface area contributed by atoms with E-state index in [4.69, 9.17) is 11.6 Å². The Morgan fingerprint density at radius 3 is 2.17 bits per heavy atom. The Morgan fingerprint density at radius 2 is 1.56 bits per heavy atom. The lowest BCUT2D eigenvalue weighted by molar-refractivity contribution is -0.139. The number of carbonyl (C=O) groups is 2. The first-order valence-corrected chi connectivity index (χ1v) is 15.6. The van der Waals surface area contributed by atoms with Gasteiger partial charge < -0.3 is 10.2 Å². The van der Waals surface area contributed by atoms with Gasteiger partial charge in [0.1, 0.15) is 18.4 Å². The van der Waals surface area contributed by atoms with Gasteiger partial charge in [-0.2, -0.15) is 0 Å². The number of halogens is 2. The van der Waals surface area contributed by atoms with E-state index in [0.29, 0.717) is 10.6 Å². The van der Waals surface area contributed by atoms with E-state index in [2.05, 4.69) is 5.32 Å². The van der Waals surface area contributed by atoms with Gasteiger partial charge in [0.15, 0.2) is 0 Å². The third kappa shape index (κ3) is 7.86. The number of nitrogens with zero attached hydrogens (tertiary/aromatic N) is 2. The first kappa shape index (κ1) is 30.5. The zero-order valence-corrected chi connectivity index (χ0v) is 24.8. The van der Waals surface area contributed by atoms with Crippen molar-refractivity contribution in [2.24, 2.45) is 0 Å². The van der Waals surface area contributed by atoms with E-state index in [1.165, 1.54) is 41.3 Å². The molecule has 0 aliphatic heterocycles. The monoisotopic (exact) mass is 599 g/mol. The normalized spacial score (nSPS) is 14.7. The Labute approximate surface area is 246 Å². The molecule has 0 aromatic heterocycles. The maximum atomic E-state index is 14.0. The van der Waals surface area contributed by atoms with Crippen LogP contribution in [0.3, 0.4) is 0 Å². The SMILES string of the molecule is Cc1ccc(S(=O)(=O)N(CC(=O)N(Cc2ccc(F)cc2)[C@@H](C)C(=O)NC2CCCCC2)c2ccc(Cl)cc2)cc1. The van der Waals surface area contributed by atoms with Gasteiger partial charge in [0, 0.05) is 17.6 Å². The van der Waals surface area contributed by atoms with Crippen molar-refractivity contribution >= 4 is 39.1 Å². The number of anilines is 1. The molecule has 3 aromatic carbocycles. The van der Waals surface area contributed by atoms with E-state index in [-0.39, 0.29) is 29.1 Å². The highest BCUT2D eigenvalue weighted by Crippen LogP contribution is 2.26. The van der Waals surface area contributed by atoms with Crippen LogP contribution in [0.15, 0.2) is 77.7 Å². The predicted molar refractivity (Wildman–Crippen MR) is 159 cm³/mol. The van der Waals surface area contributed by atoms with Crippen LogP contribution in [-0.2, 0) is 26.2 Å². The van der Waals surface area contributed by atoms with Gasteiger partial charge in [0.05, 0.1) is 10.6 Å². The molecule has 1 N–H and O–H groups in total. The molecule has 1 aliphatic rings. The molecule has 0 heterocycles. The molecule has 0 radical (unpaired) electrons. The number of sulfonamides is 1. The van der Waals surface area contributed by atoms with Crippen LogP contribution >= 0.6 is 11.6 Å². The fraction of sp³-hybridized carbons (Fsp3) is 0.355. The van der Waals surface area contributed by atoms with Gasteiger partial charge in [-0.15, -0.1) is 0 Å². The molecule has 0 unspecified atom stereocenters. The second-order valence-corrected chi connectivity index (χ2v) is 12.8. The minimum absolute atomic E-state index is 0.00258. The van der Waals surface area contributed by atoms with E-state index in [1.807, 2.05) is 6.92 Å². The Bertz CT molecular complexity index is 1440. The third-order valence-corrected chi connectivity index (χ3v) is 9.43. The molecule has 0 spiro atoms. The quantitative estimate of drug-likeness (QED) is 0.317. The summed E-state index contributed by atoms with van der Waals surface area (Å²) >= 11 is 6.06. The average molecular weight is 600 g/mol. The number of benzene rings is 3. The molecule has 1 aliphatic carbocycles. The standard InChI is InChI=1S/C31H35ClFN3O4S/c1-22-8-18-29(19-9-22)41(39,40)36(28-16-12-25(32)13-17-28)21-30(37)35(20-24-10-14-26(33)15-11-24)23(2)31(38)34-27-6-4-3-5-7-27/h8-19,23,27H,3-7,20-21H2,1-2H3,(H,34,38)/t23-/m0/s1. The zero-order chi connectivity index (χ0) is 29.6. The third-order valence-electron chi connectivity index (χ3n) is 7.39. The number of aryl methyl sites for hydroxylation is 1. The van der Waals surface area contributed by atoms with E-state index in [0.717, 1.165) is 42.0 Å². The molecule has 2 amide bonds. The van der Waals surface area contributed by atoms with Crippen LogP contribution in [-0.4, -0.2) is 43.8 Å². The smallest absolute Gasteiger partial charge is 0.264 e. The molecule has 4 rings (SSSR count). The Kier molecular flexibility index (Phi) is 10.0. The van der Waals surface area contributed by atoms with Gasteiger partial charge >= 0.3 is 0 Å². The predicted octanol–water partition coefficient (Wildman–Crippen LogP) is 5.85. The van der Waals surface area contributed by atoms with E-state index in [9.17, 15) is 22.4 Å². The van der Waals surface area contributed by atoms with Crippen molar-refractivity contribution in [2.75, 3.05) is 10.8 Å². The number of hydrogen-bond donors (Lipinski definition) is 1. The number of carbonyl (C=O) groups excluding carboxylic acids is 2. The molecule has 0 saturated heterocycles. The highest BCUT2D eigenvalue weighted by molar-refractivity contribution is 7.92. The molecule has 1 fully saturated rings. The van der Waals surface area contributed by atoms with Gasteiger partial charge in [-0.05, 0) is 80.8 Å². The van der Waals surface area contributed by atoms with Crippen LogP contribution in [0.5, 0.6) is 0 Å². The lowest BCUT2D eigenvalue weighted by Crippen LogP contribution is -2.53. The molecule has 41 heavy (non-hydrogen) atoms. The maximum Gasteiger partial charge on any atom is 0.264 e. The second-order valence-electron chi connectivity index (χ2n) is 10.5. The molecule has 0 bridgehead atoms. The second kappa shape index (κ2) is 13.5. The molecular formula is C31H35ClFN3O4S. The lowest BCUT2D eigenvalue weighted by Gasteiger charge is -2.33. The average Bonchev–Trinajstić information content (AvgIpc) is 2.96. The largest absolute Gasteiger partial charge is 0.352 e. The molecule has 218 valence electrons. The summed E-state index contributed by atoms with van der Waals surface area (Å²) in [6.07, 6.45) is 4.95. The van der Waals surface area contributed by atoms with Gasteiger partial charge in [-0.25, -0.2) is 12.8 Å². The zero-order valence-electron chi connectivity index (χ0n) is 23.2. The summed E-state index contributed by atoms with van der Waals surface area (Å²) in [5.74, 6) is -1.31. The van der Waals surface area contributed by atoms with E-state index >= 15 is 0 Å². The highest BCUT2D eigenvalue weighted by Gasteiger charge is 2.33. The molecule has 7 nitrogen and oxygen atoms in total. The number of rotatable bonds is 10. The Hall–Kier alpha value is -3.43. The number of nitrogens with one attached hydrogen (secondary N) is 1. The Balaban J connectivity index is 1.66. The summed E-state index contributed by atoms with van der Waals surface area (Å²) in [5.41, 5.74) is 1.75. The van der Waals surface area contributed by atoms with Crippen molar-refractivity contribution in [1.82, 2.24) is 10.2 Å². The van der Waals surface area contributed by atoms with E-state index < -0.39 is 34.3 Å². The number of amides is 2. The van der Waals surface area contributed by atoms with Crippen molar-refractivity contribution in [1.29, 1.82) is 0 Å². The molecule has 1 atom stereocenters. The summed E-state index contributed by atoms with van der Waals surface area (Å²) in [4.78, 5) is 28.7. The molecular weight excluding hydrogens is 565 g/mol. The van der Waals surface area contributed by atoms with E-state index in [1.54, 1.807) is 43.3 Å². The van der Waals surface area contributed by atoms with Gasteiger partial charge in [0.2, 0.25) is 11.8 Å². The number of hydrogen-bond acceptors (Lipinski definition) is 4. The highest BCUT2D eigenvalue weighted by atomic mass is 35.5. The minimum atomic E-state index is -4.17. The topological polar surface area (TPSA) is 86.8 Å². The Morgan fingerprint density at radius 1 is 0.951 bits per heavy atom. The fourth-order valence-electron chi connectivity index (χ4n) is 4.91. The van der Waals surface area contributed by atoms with Crippen molar-refractivity contribution in [3.63, 3.8) is 0 Å². The summed E-state index contributed by atoms with van der Waals surface area (Å²) in [6, 6.07) is 17.3. The summed E-state index contributed by atoms with van der Waals surface area (Å²) in [7, 11) is -4.17. The van der Waals surface area contributed by atoms with Crippen molar-refractivity contribution in [2.45, 2.75) is 69.5 Å². The van der Waals surface area contributed by atoms with Crippen LogP contribution in [0.4, 0.5) is 10.1 Å². The summed E-state index contributed by atoms with van der Waals surface area (Å²) < 4.78 is 42.3. The van der Waals surface area contributed by atoms with Crippen LogP contribution in [0, 0.1) is 12.7 Å². The lowest BCUT2D eigenvalue weighted by atomic mass is 9.95. The molecule has 10 heteroatoms. The first-order valence-electron chi connectivity index (χ1n) is 13.7. The first-order chi connectivity index (χ1) is 19.5. The van der Waals surface area contributed by atoms with Gasteiger partial charge in [-0.1, -0.05) is 60.7 Å².